The van der Waals surface area contributed by atoms with Crippen LogP contribution in [-0.2, 0) is 0 Å². The smallest absolute Gasteiger partial charge is 0.272 e. The van der Waals surface area contributed by atoms with Gasteiger partial charge < -0.3 is 20.5 Å². The van der Waals surface area contributed by atoms with E-state index in [1.165, 1.54) is 12.1 Å². The standard InChI is InChI=1S/C15H12N2O3/c18-13-6-5-10(8-14(13)19)16-12-7-9-3-1-2-4-11(9)17-15(12)20/h1-8,16,18-19H,(H,17,20). The van der Waals surface area contributed by atoms with Gasteiger partial charge in [-0.25, -0.2) is 0 Å². The van der Waals surface area contributed by atoms with Gasteiger partial charge in [-0.3, -0.25) is 4.79 Å². The Kier molecular flexibility index (Phi) is 2.80. The van der Waals surface area contributed by atoms with Crippen LogP contribution in [0.2, 0.25) is 0 Å². The Hall–Kier alpha value is -2.95. The molecule has 20 heavy (non-hydrogen) atoms. The van der Waals surface area contributed by atoms with Gasteiger partial charge in [0.2, 0.25) is 0 Å². The number of phenolic OH excluding ortho intramolecular Hbond substituents is 2. The maximum Gasteiger partial charge on any atom is 0.272 e. The molecule has 0 spiro atoms. The minimum absolute atomic E-state index is 0.206. The Balaban J connectivity index is 2.03. The van der Waals surface area contributed by atoms with E-state index < -0.39 is 0 Å². The van der Waals surface area contributed by atoms with Crippen LogP contribution in [-0.4, -0.2) is 15.2 Å². The molecule has 0 saturated heterocycles. The lowest BCUT2D eigenvalue weighted by Crippen LogP contribution is -2.11. The van der Waals surface area contributed by atoms with E-state index in [0.29, 0.717) is 11.4 Å². The predicted molar refractivity (Wildman–Crippen MR) is 77.6 cm³/mol. The number of pyridine rings is 1. The first kappa shape index (κ1) is 12.1. The molecule has 4 N–H and O–H groups in total. The van der Waals surface area contributed by atoms with E-state index in [1.807, 2.05) is 24.3 Å². The average Bonchev–Trinajstić information content (AvgIpc) is 2.44. The van der Waals surface area contributed by atoms with Gasteiger partial charge in [0.05, 0.1) is 0 Å². The zero-order chi connectivity index (χ0) is 14.1. The molecule has 0 saturated carbocycles. The van der Waals surface area contributed by atoms with Crippen molar-refractivity contribution in [1.29, 1.82) is 0 Å². The number of aromatic amines is 1. The molecular formula is C15H12N2O3. The van der Waals surface area contributed by atoms with Gasteiger partial charge in [-0.1, -0.05) is 18.2 Å². The molecule has 5 heteroatoms. The Morgan fingerprint density at radius 1 is 0.950 bits per heavy atom. The van der Waals surface area contributed by atoms with Crippen molar-refractivity contribution in [2.75, 3.05) is 5.32 Å². The van der Waals surface area contributed by atoms with Gasteiger partial charge in [0, 0.05) is 22.7 Å². The molecule has 100 valence electrons. The normalized spacial score (nSPS) is 10.6. The number of anilines is 2. The van der Waals surface area contributed by atoms with Crippen molar-refractivity contribution >= 4 is 22.3 Å². The number of nitrogens with one attached hydrogen (secondary N) is 2. The van der Waals surface area contributed by atoms with Gasteiger partial charge in [0.1, 0.15) is 5.69 Å². The van der Waals surface area contributed by atoms with Crippen molar-refractivity contribution < 1.29 is 10.2 Å². The number of aromatic nitrogens is 1. The summed E-state index contributed by atoms with van der Waals surface area (Å²) >= 11 is 0. The van der Waals surface area contributed by atoms with Crippen molar-refractivity contribution in [2.45, 2.75) is 0 Å². The molecule has 3 aromatic rings. The third kappa shape index (κ3) is 2.16. The molecular weight excluding hydrogens is 256 g/mol. The number of aromatic hydroxyl groups is 2. The van der Waals surface area contributed by atoms with Crippen LogP contribution in [0.3, 0.4) is 0 Å². The molecule has 2 aromatic carbocycles. The molecule has 0 radical (unpaired) electrons. The highest BCUT2D eigenvalue weighted by atomic mass is 16.3. The van der Waals surface area contributed by atoms with Crippen molar-refractivity contribution in [1.82, 2.24) is 4.98 Å². The molecule has 1 heterocycles. The fourth-order valence-corrected chi connectivity index (χ4v) is 2.00. The Labute approximate surface area is 114 Å². The van der Waals surface area contributed by atoms with Crippen LogP contribution in [0.25, 0.3) is 10.9 Å². The molecule has 0 aliphatic carbocycles. The molecule has 0 aliphatic heterocycles. The molecule has 5 nitrogen and oxygen atoms in total. The fourth-order valence-electron chi connectivity index (χ4n) is 2.00. The third-order valence-electron chi connectivity index (χ3n) is 3.01. The second-order valence-corrected chi connectivity index (χ2v) is 4.43. The topological polar surface area (TPSA) is 85.4 Å². The first-order valence-electron chi connectivity index (χ1n) is 6.04. The van der Waals surface area contributed by atoms with Crippen LogP contribution in [0, 0.1) is 0 Å². The highest BCUT2D eigenvalue weighted by Crippen LogP contribution is 2.28. The summed E-state index contributed by atoms with van der Waals surface area (Å²) in [6, 6.07) is 13.5. The number of benzene rings is 2. The van der Waals surface area contributed by atoms with Crippen LogP contribution in [0.1, 0.15) is 0 Å². The quantitative estimate of drug-likeness (QED) is 0.425. The summed E-state index contributed by atoms with van der Waals surface area (Å²) in [6.45, 7) is 0. The fraction of sp³-hybridized carbons (Fsp3) is 0. The summed E-state index contributed by atoms with van der Waals surface area (Å²) in [7, 11) is 0. The number of H-pyrrole nitrogens is 1. The second-order valence-electron chi connectivity index (χ2n) is 4.43. The molecule has 3 rings (SSSR count). The number of fused-ring (bicyclic) bond motifs is 1. The lowest BCUT2D eigenvalue weighted by atomic mass is 10.2. The van der Waals surface area contributed by atoms with E-state index in [-0.39, 0.29) is 17.1 Å². The molecule has 1 aromatic heterocycles. The summed E-state index contributed by atoms with van der Waals surface area (Å²) in [5.74, 6) is -0.449. The van der Waals surface area contributed by atoms with E-state index in [9.17, 15) is 15.0 Å². The minimum Gasteiger partial charge on any atom is -0.504 e. The molecule has 0 amide bonds. The van der Waals surface area contributed by atoms with Gasteiger partial charge in [-0.2, -0.15) is 0 Å². The largest absolute Gasteiger partial charge is 0.504 e. The maximum atomic E-state index is 12.0. The Morgan fingerprint density at radius 2 is 1.75 bits per heavy atom. The number of hydrogen-bond donors (Lipinski definition) is 4. The van der Waals surface area contributed by atoms with Crippen molar-refractivity contribution in [3.8, 4) is 11.5 Å². The summed E-state index contributed by atoms with van der Waals surface area (Å²) in [5, 5.41) is 22.5. The molecule has 0 bridgehead atoms. The highest BCUT2D eigenvalue weighted by Gasteiger charge is 2.05. The minimum atomic E-state index is -0.253. The Morgan fingerprint density at radius 3 is 2.55 bits per heavy atom. The van der Waals surface area contributed by atoms with Crippen molar-refractivity contribution in [3.63, 3.8) is 0 Å². The van der Waals surface area contributed by atoms with Gasteiger partial charge in [0.25, 0.3) is 5.56 Å². The zero-order valence-corrected chi connectivity index (χ0v) is 10.4. The van der Waals surface area contributed by atoms with E-state index in [2.05, 4.69) is 10.3 Å². The number of rotatable bonds is 2. The summed E-state index contributed by atoms with van der Waals surface area (Å²) in [5.41, 5.74) is 1.39. The van der Waals surface area contributed by atoms with Crippen molar-refractivity contribution in [2.24, 2.45) is 0 Å². The highest BCUT2D eigenvalue weighted by molar-refractivity contribution is 5.82. The maximum absolute atomic E-state index is 12.0. The van der Waals surface area contributed by atoms with E-state index >= 15 is 0 Å². The Bertz CT molecular complexity index is 840. The number of phenols is 2. The van der Waals surface area contributed by atoms with E-state index in [4.69, 9.17) is 0 Å². The number of hydrogen-bond acceptors (Lipinski definition) is 4. The molecule has 0 fully saturated rings. The van der Waals surface area contributed by atoms with Gasteiger partial charge >= 0.3 is 0 Å². The van der Waals surface area contributed by atoms with Gasteiger partial charge in [0.15, 0.2) is 11.5 Å². The van der Waals surface area contributed by atoms with Crippen LogP contribution < -0.4 is 10.9 Å². The van der Waals surface area contributed by atoms with Crippen LogP contribution >= 0.6 is 0 Å². The summed E-state index contributed by atoms with van der Waals surface area (Å²) in [6.07, 6.45) is 0. The zero-order valence-electron chi connectivity index (χ0n) is 10.4. The summed E-state index contributed by atoms with van der Waals surface area (Å²) in [4.78, 5) is 14.7. The van der Waals surface area contributed by atoms with E-state index in [1.54, 1.807) is 12.1 Å². The predicted octanol–water partition coefficient (Wildman–Crippen LogP) is 2.68. The first-order chi connectivity index (χ1) is 9.63. The first-order valence-corrected chi connectivity index (χ1v) is 6.04. The number of para-hydroxylation sites is 1. The lowest BCUT2D eigenvalue weighted by molar-refractivity contribution is 0.404. The SMILES string of the molecule is O=c1[nH]c2ccccc2cc1Nc1ccc(O)c(O)c1. The van der Waals surface area contributed by atoms with Crippen LogP contribution in [0.15, 0.2) is 53.3 Å². The lowest BCUT2D eigenvalue weighted by Gasteiger charge is -2.08. The van der Waals surface area contributed by atoms with Gasteiger partial charge in [-0.15, -0.1) is 0 Å². The molecule has 0 atom stereocenters. The third-order valence-corrected chi connectivity index (χ3v) is 3.01. The van der Waals surface area contributed by atoms with Crippen LogP contribution in [0.4, 0.5) is 11.4 Å². The van der Waals surface area contributed by atoms with Crippen LogP contribution in [0.5, 0.6) is 11.5 Å². The van der Waals surface area contributed by atoms with Gasteiger partial charge in [-0.05, 0) is 24.3 Å². The molecule has 0 aliphatic rings. The van der Waals surface area contributed by atoms with E-state index in [0.717, 1.165) is 10.9 Å². The second kappa shape index (κ2) is 4.62. The molecule has 0 unspecified atom stereocenters. The monoisotopic (exact) mass is 268 g/mol. The summed E-state index contributed by atoms with van der Waals surface area (Å²) < 4.78 is 0. The van der Waals surface area contributed by atoms with Crippen molar-refractivity contribution in [3.05, 3.63) is 58.9 Å². The average molecular weight is 268 g/mol.